The fraction of sp³-hybridized carbons (Fsp3) is 0.188. The fourth-order valence-corrected chi connectivity index (χ4v) is 2.57. The third-order valence-electron chi connectivity index (χ3n) is 3.09. The summed E-state index contributed by atoms with van der Waals surface area (Å²) in [6.07, 6.45) is 0.735. The molecule has 1 atom stereocenters. The van der Waals surface area contributed by atoms with Crippen LogP contribution in [-0.4, -0.2) is 11.9 Å². The maximum Gasteiger partial charge on any atom is 0.253 e. The van der Waals surface area contributed by atoms with Crippen molar-refractivity contribution in [3.8, 4) is 0 Å². The number of nitrogen functional groups attached to an aromatic ring is 1. The Morgan fingerprint density at radius 2 is 1.95 bits per heavy atom. The molecule has 3 N–H and O–H groups in total. The number of halogens is 2. The zero-order valence-corrected chi connectivity index (χ0v) is 13.9. The number of nitrogens with two attached hydrogens (primary N) is 1. The van der Waals surface area contributed by atoms with Crippen molar-refractivity contribution in [3.63, 3.8) is 0 Å². The van der Waals surface area contributed by atoms with Gasteiger partial charge in [0.15, 0.2) is 0 Å². The van der Waals surface area contributed by atoms with Gasteiger partial charge in [0.05, 0.1) is 5.56 Å². The first-order valence-electron chi connectivity index (χ1n) is 6.56. The molecule has 0 saturated heterocycles. The van der Waals surface area contributed by atoms with Crippen molar-refractivity contribution in [3.05, 3.63) is 63.1 Å². The van der Waals surface area contributed by atoms with Crippen molar-refractivity contribution in [1.82, 2.24) is 5.32 Å². The molecule has 0 aromatic heterocycles. The van der Waals surface area contributed by atoms with Crippen molar-refractivity contribution in [2.45, 2.75) is 19.4 Å². The highest BCUT2D eigenvalue weighted by molar-refractivity contribution is 9.10. The Bertz CT molecular complexity index is 643. The summed E-state index contributed by atoms with van der Waals surface area (Å²) < 4.78 is 0.853. The minimum Gasteiger partial charge on any atom is -0.398 e. The van der Waals surface area contributed by atoms with Gasteiger partial charge in [0, 0.05) is 21.2 Å². The van der Waals surface area contributed by atoms with E-state index in [0.717, 1.165) is 16.5 Å². The average molecular weight is 368 g/mol. The summed E-state index contributed by atoms with van der Waals surface area (Å²) in [7, 11) is 0. The number of benzene rings is 2. The Labute approximate surface area is 137 Å². The summed E-state index contributed by atoms with van der Waals surface area (Å²) in [5.74, 6) is -0.165. The predicted molar refractivity (Wildman–Crippen MR) is 90.6 cm³/mol. The van der Waals surface area contributed by atoms with Crippen LogP contribution >= 0.6 is 27.5 Å². The zero-order chi connectivity index (χ0) is 15.4. The lowest BCUT2D eigenvalue weighted by Crippen LogP contribution is -2.34. The Morgan fingerprint density at radius 1 is 1.29 bits per heavy atom. The quantitative estimate of drug-likeness (QED) is 0.801. The molecule has 0 aliphatic rings. The molecule has 0 heterocycles. The summed E-state index contributed by atoms with van der Waals surface area (Å²) in [6, 6.07) is 12.8. The minimum atomic E-state index is -0.165. The highest BCUT2D eigenvalue weighted by atomic mass is 79.9. The molecule has 0 fully saturated rings. The Hall–Kier alpha value is -1.52. The molecule has 0 saturated carbocycles. The topological polar surface area (TPSA) is 55.1 Å². The van der Waals surface area contributed by atoms with Gasteiger partial charge in [0.1, 0.15) is 0 Å². The molecular formula is C16H16BrClN2O. The van der Waals surface area contributed by atoms with E-state index in [1.807, 2.05) is 31.2 Å². The monoisotopic (exact) mass is 366 g/mol. The second kappa shape index (κ2) is 6.96. The fourth-order valence-electron chi connectivity index (χ4n) is 2.07. The minimum absolute atomic E-state index is 0.00159. The van der Waals surface area contributed by atoms with Crippen LogP contribution in [0.25, 0.3) is 0 Å². The van der Waals surface area contributed by atoms with Crippen molar-refractivity contribution in [2.24, 2.45) is 0 Å². The van der Waals surface area contributed by atoms with E-state index in [9.17, 15) is 4.79 Å². The number of amides is 1. The van der Waals surface area contributed by atoms with E-state index in [1.54, 1.807) is 18.2 Å². The number of rotatable bonds is 4. The van der Waals surface area contributed by atoms with E-state index in [2.05, 4.69) is 21.2 Å². The highest BCUT2D eigenvalue weighted by Crippen LogP contribution is 2.18. The lowest BCUT2D eigenvalue weighted by Gasteiger charge is -2.15. The summed E-state index contributed by atoms with van der Waals surface area (Å²) in [5, 5.41) is 3.66. The van der Waals surface area contributed by atoms with E-state index < -0.39 is 0 Å². The molecule has 1 amide bonds. The third-order valence-corrected chi connectivity index (χ3v) is 3.84. The summed E-state index contributed by atoms with van der Waals surface area (Å²) in [4.78, 5) is 12.2. The molecule has 0 spiro atoms. The number of carbonyl (C=O) groups excluding carboxylic acids is 1. The van der Waals surface area contributed by atoms with Crippen LogP contribution in [0.1, 0.15) is 22.8 Å². The molecule has 110 valence electrons. The second-order valence-corrected chi connectivity index (χ2v) is 6.29. The van der Waals surface area contributed by atoms with Crippen LogP contribution in [0.2, 0.25) is 5.02 Å². The van der Waals surface area contributed by atoms with Gasteiger partial charge in [-0.25, -0.2) is 0 Å². The van der Waals surface area contributed by atoms with Crippen molar-refractivity contribution in [2.75, 3.05) is 5.73 Å². The Morgan fingerprint density at radius 3 is 2.57 bits per heavy atom. The lowest BCUT2D eigenvalue weighted by atomic mass is 10.1. The van der Waals surface area contributed by atoms with Crippen molar-refractivity contribution >= 4 is 39.1 Å². The Balaban J connectivity index is 2.00. The lowest BCUT2D eigenvalue weighted by molar-refractivity contribution is 0.0941. The number of nitrogens with one attached hydrogen (secondary N) is 1. The maximum atomic E-state index is 12.2. The molecule has 5 heteroatoms. The third kappa shape index (κ3) is 4.48. The first kappa shape index (κ1) is 15.9. The van der Waals surface area contributed by atoms with E-state index in [1.165, 1.54) is 0 Å². The number of hydrogen-bond acceptors (Lipinski definition) is 2. The predicted octanol–water partition coefficient (Wildman–Crippen LogP) is 4.05. The molecular weight excluding hydrogens is 352 g/mol. The zero-order valence-electron chi connectivity index (χ0n) is 11.6. The van der Waals surface area contributed by atoms with Gasteiger partial charge < -0.3 is 11.1 Å². The van der Waals surface area contributed by atoms with Gasteiger partial charge in [-0.3, -0.25) is 4.79 Å². The largest absolute Gasteiger partial charge is 0.398 e. The molecule has 0 aliphatic heterocycles. The van der Waals surface area contributed by atoms with Gasteiger partial charge in [-0.2, -0.15) is 0 Å². The molecule has 2 rings (SSSR count). The van der Waals surface area contributed by atoms with Crippen molar-refractivity contribution in [1.29, 1.82) is 0 Å². The molecule has 2 aromatic carbocycles. The van der Waals surface area contributed by atoms with E-state index in [0.29, 0.717) is 16.3 Å². The van der Waals surface area contributed by atoms with Gasteiger partial charge in [-0.05, 0) is 49.2 Å². The van der Waals surface area contributed by atoms with Gasteiger partial charge in [0.2, 0.25) is 0 Å². The van der Waals surface area contributed by atoms with Gasteiger partial charge in [-0.1, -0.05) is 39.7 Å². The second-order valence-electron chi connectivity index (χ2n) is 4.94. The normalized spacial score (nSPS) is 12.0. The Kier molecular flexibility index (Phi) is 5.26. The number of anilines is 1. The summed E-state index contributed by atoms with van der Waals surface area (Å²) >= 11 is 9.18. The maximum absolute atomic E-state index is 12.2. The molecule has 21 heavy (non-hydrogen) atoms. The molecule has 1 unspecified atom stereocenters. The van der Waals surface area contributed by atoms with Gasteiger partial charge in [0.25, 0.3) is 5.91 Å². The standard InChI is InChI=1S/C16H16BrClN2O/c1-10(8-11-2-5-13(18)6-3-11)20-16(21)14-7-4-12(17)9-15(14)19/h2-7,9-10H,8,19H2,1H3,(H,20,21). The number of hydrogen-bond donors (Lipinski definition) is 2. The van der Waals surface area contributed by atoms with Crippen LogP contribution in [0.5, 0.6) is 0 Å². The molecule has 0 radical (unpaired) electrons. The molecule has 0 aliphatic carbocycles. The van der Waals surface area contributed by atoms with Crippen LogP contribution in [0.3, 0.4) is 0 Å². The number of carbonyl (C=O) groups is 1. The summed E-state index contributed by atoms with van der Waals surface area (Å²) in [6.45, 7) is 1.96. The van der Waals surface area contributed by atoms with E-state index in [-0.39, 0.29) is 11.9 Å². The van der Waals surface area contributed by atoms with Gasteiger partial charge >= 0.3 is 0 Å². The average Bonchev–Trinajstić information content (AvgIpc) is 2.41. The van der Waals surface area contributed by atoms with Crippen LogP contribution in [0.15, 0.2) is 46.9 Å². The van der Waals surface area contributed by atoms with Crippen LogP contribution in [-0.2, 0) is 6.42 Å². The van der Waals surface area contributed by atoms with Crippen molar-refractivity contribution < 1.29 is 4.79 Å². The molecule has 3 nitrogen and oxygen atoms in total. The van der Waals surface area contributed by atoms with Crippen LogP contribution in [0.4, 0.5) is 5.69 Å². The van der Waals surface area contributed by atoms with Gasteiger partial charge in [-0.15, -0.1) is 0 Å². The first-order valence-corrected chi connectivity index (χ1v) is 7.73. The molecule has 2 aromatic rings. The summed E-state index contributed by atoms with van der Waals surface area (Å²) in [5.41, 5.74) is 7.93. The SMILES string of the molecule is CC(Cc1ccc(Cl)cc1)NC(=O)c1ccc(Br)cc1N. The van der Waals surface area contributed by atoms with Crippen LogP contribution in [0, 0.1) is 0 Å². The van der Waals surface area contributed by atoms with E-state index >= 15 is 0 Å². The smallest absolute Gasteiger partial charge is 0.253 e. The van der Waals surface area contributed by atoms with E-state index in [4.69, 9.17) is 17.3 Å². The van der Waals surface area contributed by atoms with Crippen LogP contribution < -0.4 is 11.1 Å². The molecule has 0 bridgehead atoms. The first-order chi connectivity index (χ1) is 9.95. The highest BCUT2D eigenvalue weighted by Gasteiger charge is 2.13.